The maximum Gasteiger partial charge on any atom is 0.159 e. The molecular weight excluding hydrogens is 316 g/mol. The number of fused-ring (bicyclic) bond motifs is 7. The molecule has 0 fully saturated rings. The van der Waals surface area contributed by atoms with Crippen molar-refractivity contribution < 1.29 is 19.0 Å². The Morgan fingerprint density at radius 2 is 1.60 bits per heavy atom. The van der Waals surface area contributed by atoms with E-state index >= 15 is 0 Å². The van der Waals surface area contributed by atoms with Crippen molar-refractivity contribution in [1.82, 2.24) is 0 Å². The number of carbonyl (C=O) groups excluding carboxylic acids is 1. The topological polar surface area (TPSA) is 44.8 Å². The highest BCUT2D eigenvalue weighted by molar-refractivity contribution is 5.90. The fraction of sp³-hybridized carbons (Fsp3) is 0.286. The Bertz CT molecular complexity index is 775. The third-order valence-corrected chi connectivity index (χ3v) is 4.30. The highest BCUT2D eigenvalue weighted by atomic mass is 16.5. The summed E-state index contributed by atoms with van der Waals surface area (Å²) in [5.74, 6) is 3.04. The molecule has 0 spiro atoms. The second kappa shape index (κ2) is 7.88. The number of aryl methyl sites for hydroxylation is 2. The molecule has 2 aromatic carbocycles. The van der Waals surface area contributed by atoms with Gasteiger partial charge in [-0.05, 0) is 54.3 Å². The Labute approximate surface area is 148 Å². The van der Waals surface area contributed by atoms with Gasteiger partial charge in [0.25, 0.3) is 0 Å². The lowest BCUT2D eigenvalue weighted by Crippen LogP contribution is -2.01. The smallest absolute Gasteiger partial charge is 0.159 e. The van der Waals surface area contributed by atoms with Crippen LogP contribution in [0.2, 0.25) is 0 Å². The first-order chi connectivity index (χ1) is 12.2. The molecule has 0 N–H and O–H groups in total. The monoisotopic (exact) mass is 338 g/mol. The molecule has 0 aromatic heterocycles. The zero-order chi connectivity index (χ0) is 17.6. The zero-order valence-corrected chi connectivity index (χ0v) is 14.6. The van der Waals surface area contributed by atoms with E-state index in [0.29, 0.717) is 25.0 Å². The predicted molar refractivity (Wildman–Crippen MR) is 96.3 cm³/mol. The Morgan fingerprint density at radius 3 is 2.32 bits per heavy atom. The van der Waals surface area contributed by atoms with E-state index in [-0.39, 0.29) is 5.78 Å². The van der Waals surface area contributed by atoms with Gasteiger partial charge in [-0.1, -0.05) is 12.1 Å². The van der Waals surface area contributed by atoms with Crippen LogP contribution in [0.5, 0.6) is 17.2 Å². The van der Waals surface area contributed by atoms with E-state index in [4.69, 9.17) is 14.2 Å². The number of hydrogen-bond donors (Lipinski definition) is 0. The number of benzene rings is 2. The molecule has 2 aliphatic rings. The van der Waals surface area contributed by atoms with Gasteiger partial charge in [-0.25, -0.2) is 0 Å². The molecule has 25 heavy (non-hydrogen) atoms. The van der Waals surface area contributed by atoms with E-state index < -0.39 is 0 Å². The first-order valence-electron chi connectivity index (χ1n) is 8.39. The van der Waals surface area contributed by atoms with E-state index in [9.17, 15) is 4.79 Å². The van der Waals surface area contributed by atoms with Crippen molar-refractivity contribution in [3.8, 4) is 17.2 Å². The Balaban J connectivity index is 1.96. The van der Waals surface area contributed by atoms with Crippen LogP contribution in [0.15, 0.2) is 54.3 Å². The van der Waals surface area contributed by atoms with E-state index in [0.717, 1.165) is 29.2 Å². The molecule has 4 nitrogen and oxygen atoms in total. The van der Waals surface area contributed by atoms with Gasteiger partial charge in [0.05, 0.1) is 20.0 Å². The van der Waals surface area contributed by atoms with Crippen LogP contribution in [0.25, 0.3) is 0 Å². The number of methoxy groups -OCH3 is 2. The molecule has 0 saturated carbocycles. The number of hydrogen-bond acceptors (Lipinski definition) is 4. The number of ether oxygens (including phenoxy) is 3. The lowest BCUT2D eigenvalue weighted by atomic mass is 10.0. The van der Waals surface area contributed by atoms with Crippen molar-refractivity contribution in [3.63, 3.8) is 0 Å². The minimum absolute atomic E-state index is 0.0508. The molecule has 130 valence electrons. The van der Waals surface area contributed by atoms with Gasteiger partial charge in [0.15, 0.2) is 5.78 Å². The summed E-state index contributed by atoms with van der Waals surface area (Å²) in [5, 5.41) is 0. The van der Waals surface area contributed by atoms with E-state index in [1.165, 1.54) is 5.56 Å². The quantitative estimate of drug-likeness (QED) is 0.811. The summed E-state index contributed by atoms with van der Waals surface area (Å²) in [6, 6.07) is 13.7. The summed E-state index contributed by atoms with van der Waals surface area (Å²) in [6.45, 7) is 0. The summed E-state index contributed by atoms with van der Waals surface area (Å²) in [4.78, 5) is 12.3. The van der Waals surface area contributed by atoms with Crippen LogP contribution in [0, 0.1) is 0 Å². The van der Waals surface area contributed by atoms with E-state index in [1.54, 1.807) is 20.3 Å². The van der Waals surface area contributed by atoms with Crippen molar-refractivity contribution in [3.05, 3.63) is 65.4 Å². The largest absolute Gasteiger partial charge is 0.501 e. The fourth-order valence-corrected chi connectivity index (χ4v) is 2.88. The molecule has 0 amide bonds. The van der Waals surface area contributed by atoms with Crippen molar-refractivity contribution in [2.24, 2.45) is 0 Å². The maximum absolute atomic E-state index is 12.3. The summed E-state index contributed by atoms with van der Waals surface area (Å²) in [6.07, 6.45) is 4.11. The molecule has 0 aliphatic carbocycles. The van der Waals surface area contributed by atoms with Crippen LogP contribution >= 0.6 is 0 Å². The van der Waals surface area contributed by atoms with Crippen LogP contribution < -0.4 is 9.47 Å². The standard InChI is InChI=1S/C21H22O4/c1-23-19-10-5-15-3-8-18(9-4-15)25-20-11-12-21(24-2)16(13-20)6-7-17(22)14-19/h3-4,8-9,11-14H,5-7,10H2,1-2H3/b19-14+. The van der Waals surface area contributed by atoms with E-state index in [2.05, 4.69) is 0 Å². The van der Waals surface area contributed by atoms with Crippen molar-refractivity contribution in [2.45, 2.75) is 25.7 Å². The van der Waals surface area contributed by atoms with Gasteiger partial charge in [-0.15, -0.1) is 0 Å². The summed E-state index contributed by atoms with van der Waals surface area (Å²) < 4.78 is 16.7. The minimum atomic E-state index is 0.0508. The lowest BCUT2D eigenvalue weighted by molar-refractivity contribution is -0.114. The summed E-state index contributed by atoms with van der Waals surface area (Å²) >= 11 is 0. The first-order valence-corrected chi connectivity index (χ1v) is 8.39. The second-order valence-corrected chi connectivity index (χ2v) is 6.00. The van der Waals surface area contributed by atoms with Crippen molar-refractivity contribution >= 4 is 5.78 Å². The molecular formula is C21H22O4. The number of ketones is 1. The normalized spacial score (nSPS) is 16.9. The predicted octanol–water partition coefficient (Wildman–Crippen LogP) is 4.47. The molecule has 0 saturated heterocycles. The Morgan fingerprint density at radius 1 is 0.840 bits per heavy atom. The minimum Gasteiger partial charge on any atom is -0.501 e. The number of carbonyl (C=O) groups is 1. The highest BCUT2D eigenvalue weighted by Gasteiger charge is 2.10. The maximum atomic E-state index is 12.3. The van der Waals surface area contributed by atoms with E-state index in [1.807, 2.05) is 42.5 Å². The average molecular weight is 338 g/mol. The van der Waals surface area contributed by atoms with Crippen LogP contribution in [-0.4, -0.2) is 20.0 Å². The third-order valence-electron chi connectivity index (χ3n) is 4.30. The molecule has 4 heteroatoms. The van der Waals surface area contributed by atoms with Crippen LogP contribution in [0.3, 0.4) is 0 Å². The van der Waals surface area contributed by atoms with Gasteiger partial charge in [0, 0.05) is 18.9 Å². The van der Waals surface area contributed by atoms with Crippen molar-refractivity contribution in [1.29, 1.82) is 0 Å². The first kappa shape index (κ1) is 17.1. The van der Waals surface area contributed by atoms with Crippen LogP contribution in [0.4, 0.5) is 0 Å². The molecule has 0 unspecified atom stereocenters. The van der Waals surface area contributed by atoms with Crippen LogP contribution in [0.1, 0.15) is 24.0 Å². The molecule has 4 bridgehead atoms. The third kappa shape index (κ3) is 4.41. The van der Waals surface area contributed by atoms with Gasteiger partial charge in [0.1, 0.15) is 17.2 Å². The summed E-state index contributed by atoms with van der Waals surface area (Å²) in [7, 11) is 3.24. The highest BCUT2D eigenvalue weighted by Crippen LogP contribution is 2.29. The molecule has 4 rings (SSSR count). The van der Waals surface area contributed by atoms with Crippen LogP contribution in [-0.2, 0) is 22.4 Å². The van der Waals surface area contributed by atoms with Gasteiger partial charge in [0.2, 0.25) is 0 Å². The summed E-state index contributed by atoms with van der Waals surface area (Å²) in [5.41, 5.74) is 2.13. The number of rotatable bonds is 2. The second-order valence-electron chi connectivity index (χ2n) is 6.00. The lowest BCUT2D eigenvalue weighted by Gasteiger charge is -2.11. The molecule has 2 aliphatic heterocycles. The zero-order valence-electron chi connectivity index (χ0n) is 14.6. The molecule has 0 atom stereocenters. The Hall–Kier alpha value is -2.75. The van der Waals surface area contributed by atoms with Gasteiger partial charge in [-0.2, -0.15) is 0 Å². The molecule has 0 radical (unpaired) electrons. The SMILES string of the molecule is CO/C1=C/C(=O)CCc2cc(ccc2OC)Oc2ccc(cc2)CC1. The fourth-order valence-electron chi connectivity index (χ4n) is 2.88. The number of allylic oxidation sites excluding steroid dienone is 2. The molecule has 2 aromatic rings. The van der Waals surface area contributed by atoms with Crippen molar-refractivity contribution in [2.75, 3.05) is 14.2 Å². The van der Waals surface area contributed by atoms with Gasteiger partial charge in [-0.3, -0.25) is 4.79 Å². The van der Waals surface area contributed by atoms with Gasteiger partial charge >= 0.3 is 0 Å². The van der Waals surface area contributed by atoms with Gasteiger partial charge < -0.3 is 14.2 Å². The Kier molecular flexibility index (Phi) is 5.39. The average Bonchev–Trinajstić information content (AvgIpc) is 2.64. The molecule has 2 heterocycles.